The summed E-state index contributed by atoms with van der Waals surface area (Å²) in [7, 11) is 0. The number of nitrogens with zero attached hydrogens (tertiary/aromatic N) is 3. The molecule has 9 heteroatoms. The molecule has 1 saturated carbocycles. The van der Waals surface area contributed by atoms with Crippen molar-refractivity contribution in [2.75, 3.05) is 6.54 Å². The van der Waals surface area contributed by atoms with E-state index in [4.69, 9.17) is 5.11 Å². The van der Waals surface area contributed by atoms with E-state index in [0.29, 0.717) is 5.69 Å². The van der Waals surface area contributed by atoms with Gasteiger partial charge in [0.15, 0.2) is 0 Å². The van der Waals surface area contributed by atoms with Crippen LogP contribution in [-0.4, -0.2) is 44.3 Å². The van der Waals surface area contributed by atoms with Crippen molar-refractivity contribution in [2.24, 2.45) is 5.92 Å². The summed E-state index contributed by atoms with van der Waals surface area (Å²) in [6.45, 7) is 3.21. The summed E-state index contributed by atoms with van der Waals surface area (Å²) in [5.74, 6) is -2.07. The lowest BCUT2D eigenvalue weighted by atomic mass is 10.1. The van der Waals surface area contributed by atoms with Crippen LogP contribution in [0.5, 0.6) is 0 Å². The molecule has 0 aliphatic heterocycles. The summed E-state index contributed by atoms with van der Waals surface area (Å²) in [6, 6.07) is 4.70. The zero-order valence-corrected chi connectivity index (χ0v) is 15.4. The zero-order valence-electron chi connectivity index (χ0n) is 15.4. The van der Waals surface area contributed by atoms with Crippen molar-refractivity contribution < 1.29 is 27.9 Å². The summed E-state index contributed by atoms with van der Waals surface area (Å²) >= 11 is 0. The van der Waals surface area contributed by atoms with Gasteiger partial charge in [-0.15, -0.1) is 0 Å². The number of alkyl halides is 3. The fraction of sp³-hybridized carbons (Fsp3) is 0.421. The van der Waals surface area contributed by atoms with E-state index in [9.17, 15) is 22.8 Å². The SMILES string of the molecule is Cc1c(C(=O)N(CC(C)C(=O)O)C2CC2)cnn1-c1cccc(C(F)(F)F)c1. The van der Waals surface area contributed by atoms with E-state index in [2.05, 4.69) is 5.10 Å². The minimum absolute atomic E-state index is 0.00870. The molecule has 1 N–H and O–H groups in total. The Balaban J connectivity index is 1.90. The smallest absolute Gasteiger partial charge is 0.416 e. The monoisotopic (exact) mass is 395 g/mol. The normalized spacial score (nSPS) is 15.3. The van der Waals surface area contributed by atoms with Crippen LogP contribution in [0.4, 0.5) is 13.2 Å². The highest BCUT2D eigenvalue weighted by Gasteiger charge is 2.36. The number of aromatic nitrogens is 2. The summed E-state index contributed by atoms with van der Waals surface area (Å²) in [6.07, 6.45) is -1.55. The van der Waals surface area contributed by atoms with Crippen molar-refractivity contribution in [3.05, 3.63) is 47.3 Å². The van der Waals surface area contributed by atoms with Gasteiger partial charge < -0.3 is 10.0 Å². The van der Waals surface area contributed by atoms with Crippen molar-refractivity contribution in [1.82, 2.24) is 14.7 Å². The maximum atomic E-state index is 13.0. The van der Waals surface area contributed by atoms with E-state index in [1.807, 2.05) is 0 Å². The topological polar surface area (TPSA) is 75.4 Å². The summed E-state index contributed by atoms with van der Waals surface area (Å²) in [5.41, 5.74) is 0.0470. The molecule has 1 fully saturated rings. The number of aliphatic carboxylic acids is 1. The molecule has 1 aliphatic rings. The van der Waals surface area contributed by atoms with Crippen LogP contribution in [0.2, 0.25) is 0 Å². The molecular weight excluding hydrogens is 375 g/mol. The van der Waals surface area contributed by atoms with Gasteiger partial charge in [0.2, 0.25) is 0 Å². The number of hydrogen-bond donors (Lipinski definition) is 1. The molecule has 3 rings (SSSR count). The predicted molar refractivity (Wildman–Crippen MR) is 94.2 cm³/mol. The van der Waals surface area contributed by atoms with Crippen LogP contribution < -0.4 is 0 Å². The molecule has 0 bridgehead atoms. The number of carbonyl (C=O) groups excluding carboxylic acids is 1. The molecule has 1 unspecified atom stereocenters. The average molecular weight is 395 g/mol. The third kappa shape index (κ3) is 4.02. The Morgan fingerprint density at radius 2 is 2.04 bits per heavy atom. The lowest BCUT2D eigenvalue weighted by molar-refractivity contribution is -0.141. The largest absolute Gasteiger partial charge is 0.481 e. The number of carboxylic acids is 1. The number of carbonyl (C=O) groups is 2. The molecule has 6 nitrogen and oxygen atoms in total. The summed E-state index contributed by atoms with van der Waals surface area (Å²) < 4.78 is 40.2. The number of hydrogen-bond acceptors (Lipinski definition) is 3. The number of carboxylic acid groups (broad SMARTS) is 1. The quantitative estimate of drug-likeness (QED) is 0.812. The fourth-order valence-corrected chi connectivity index (χ4v) is 3.01. The first-order valence-electron chi connectivity index (χ1n) is 8.85. The second kappa shape index (κ2) is 7.29. The maximum absolute atomic E-state index is 13.0. The second-order valence-electron chi connectivity index (χ2n) is 7.03. The van der Waals surface area contributed by atoms with E-state index < -0.39 is 23.6 Å². The van der Waals surface area contributed by atoms with Crippen molar-refractivity contribution in [3.8, 4) is 5.69 Å². The third-order valence-corrected chi connectivity index (χ3v) is 4.80. The molecule has 1 aromatic carbocycles. The minimum atomic E-state index is -4.48. The Bertz CT molecular complexity index is 903. The van der Waals surface area contributed by atoms with Gasteiger partial charge in [0.1, 0.15) is 0 Å². The minimum Gasteiger partial charge on any atom is -0.481 e. The van der Waals surface area contributed by atoms with Gasteiger partial charge in [0, 0.05) is 12.6 Å². The number of benzene rings is 1. The molecule has 0 saturated heterocycles. The van der Waals surface area contributed by atoms with Crippen LogP contribution in [0.25, 0.3) is 5.69 Å². The van der Waals surface area contributed by atoms with Gasteiger partial charge in [-0.25, -0.2) is 4.68 Å². The van der Waals surface area contributed by atoms with Gasteiger partial charge >= 0.3 is 12.1 Å². The molecule has 1 atom stereocenters. The Hall–Kier alpha value is -2.84. The Kier molecular flexibility index (Phi) is 5.18. The van der Waals surface area contributed by atoms with Gasteiger partial charge in [-0.3, -0.25) is 9.59 Å². The van der Waals surface area contributed by atoms with Crippen LogP contribution in [0, 0.1) is 12.8 Å². The highest BCUT2D eigenvalue weighted by atomic mass is 19.4. The van der Waals surface area contributed by atoms with E-state index in [0.717, 1.165) is 25.0 Å². The lowest BCUT2D eigenvalue weighted by Gasteiger charge is -2.24. The molecule has 150 valence electrons. The van der Waals surface area contributed by atoms with Crippen molar-refractivity contribution >= 4 is 11.9 Å². The van der Waals surface area contributed by atoms with Crippen LogP contribution in [0.3, 0.4) is 0 Å². The highest BCUT2D eigenvalue weighted by molar-refractivity contribution is 5.95. The molecule has 2 aromatic rings. The molecule has 0 radical (unpaired) electrons. The van der Waals surface area contributed by atoms with Gasteiger partial charge in [-0.05, 0) is 38.0 Å². The van der Waals surface area contributed by atoms with E-state index in [1.54, 1.807) is 6.92 Å². The van der Waals surface area contributed by atoms with Crippen molar-refractivity contribution in [1.29, 1.82) is 0 Å². The second-order valence-corrected chi connectivity index (χ2v) is 7.03. The number of amides is 1. The van der Waals surface area contributed by atoms with E-state index in [1.165, 1.54) is 34.8 Å². The number of halogens is 3. The first kappa shape index (κ1) is 19.9. The van der Waals surface area contributed by atoms with Gasteiger partial charge in [0.05, 0.1) is 34.6 Å². The van der Waals surface area contributed by atoms with Crippen molar-refractivity contribution in [3.63, 3.8) is 0 Å². The first-order valence-corrected chi connectivity index (χ1v) is 8.85. The van der Waals surface area contributed by atoms with E-state index in [-0.39, 0.29) is 29.7 Å². The van der Waals surface area contributed by atoms with Crippen LogP contribution in [0.15, 0.2) is 30.5 Å². The molecule has 0 spiro atoms. The lowest BCUT2D eigenvalue weighted by Crippen LogP contribution is -2.38. The Labute approximate surface area is 159 Å². The van der Waals surface area contributed by atoms with Gasteiger partial charge in [0.25, 0.3) is 5.91 Å². The number of rotatable bonds is 6. The maximum Gasteiger partial charge on any atom is 0.416 e. The fourth-order valence-electron chi connectivity index (χ4n) is 3.01. The summed E-state index contributed by atoms with van der Waals surface area (Å²) in [4.78, 5) is 25.7. The molecular formula is C19H20F3N3O3. The van der Waals surface area contributed by atoms with Crippen molar-refractivity contribution in [2.45, 2.75) is 38.9 Å². The molecule has 1 aromatic heterocycles. The summed E-state index contributed by atoms with van der Waals surface area (Å²) in [5, 5.41) is 13.2. The first-order chi connectivity index (χ1) is 13.1. The van der Waals surface area contributed by atoms with Crippen LogP contribution in [0.1, 0.15) is 41.4 Å². The van der Waals surface area contributed by atoms with E-state index >= 15 is 0 Å². The van der Waals surface area contributed by atoms with Gasteiger partial charge in [-0.1, -0.05) is 13.0 Å². The highest BCUT2D eigenvalue weighted by Crippen LogP contribution is 2.32. The molecule has 1 heterocycles. The third-order valence-electron chi connectivity index (χ3n) is 4.80. The van der Waals surface area contributed by atoms with Crippen LogP contribution >= 0.6 is 0 Å². The predicted octanol–water partition coefficient (Wildman–Crippen LogP) is 3.52. The standard InChI is InChI=1S/C19H20F3N3O3/c1-11(18(27)28)10-24(14-6-7-14)17(26)16-9-23-25(12(16)2)15-5-3-4-13(8-15)19(20,21)22/h3-5,8-9,11,14H,6-7,10H2,1-2H3,(H,27,28). The molecule has 1 amide bonds. The van der Waals surface area contributed by atoms with Crippen LogP contribution in [-0.2, 0) is 11.0 Å². The molecule has 1 aliphatic carbocycles. The van der Waals surface area contributed by atoms with Gasteiger partial charge in [-0.2, -0.15) is 18.3 Å². The zero-order chi connectivity index (χ0) is 20.6. The molecule has 28 heavy (non-hydrogen) atoms. The average Bonchev–Trinajstić information content (AvgIpc) is 3.40. The Morgan fingerprint density at radius 1 is 1.36 bits per heavy atom. The Morgan fingerprint density at radius 3 is 2.61 bits per heavy atom.